The van der Waals surface area contributed by atoms with Gasteiger partial charge in [0.2, 0.25) is 5.91 Å². The highest BCUT2D eigenvalue weighted by atomic mass is 16.5. The fraction of sp³-hybridized carbons (Fsp3) is 0.333. The molecule has 0 bridgehead atoms. The Labute approximate surface area is 159 Å². The van der Waals surface area contributed by atoms with Crippen LogP contribution < -0.4 is 9.47 Å². The zero-order chi connectivity index (χ0) is 19.8. The van der Waals surface area contributed by atoms with Crippen LogP contribution in [-0.4, -0.2) is 30.6 Å². The van der Waals surface area contributed by atoms with Crippen molar-refractivity contribution in [2.75, 3.05) is 13.7 Å². The van der Waals surface area contributed by atoms with E-state index in [1.807, 2.05) is 39.0 Å². The van der Waals surface area contributed by atoms with Crippen molar-refractivity contribution in [3.05, 3.63) is 53.5 Å². The van der Waals surface area contributed by atoms with E-state index in [9.17, 15) is 4.79 Å². The van der Waals surface area contributed by atoms with Crippen molar-refractivity contribution in [3.8, 4) is 17.6 Å². The molecule has 27 heavy (non-hydrogen) atoms. The van der Waals surface area contributed by atoms with E-state index < -0.39 is 0 Å². The van der Waals surface area contributed by atoms with Gasteiger partial charge in [0.15, 0.2) is 18.1 Å². The SMILES string of the molecule is COc1cc(/C=C/C(=O)N(Cc2ccc(C)o2)C(C)C)ccc1OCC#N. The summed E-state index contributed by atoms with van der Waals surface area (Å²) in [6.45, 7) is 6.17. The smallest absolute Gasteiger partial charge is 0.247 e. The number of aryl methyl sites for hydroxylation is 1. The summed E-state index contributed by atoms with van der Waals surface area (Å²) in [5.74, 6) is 2.46. The van der Waals surface area contributed by atoms with Gasteiger partial charge in [0.05, 0.1) is 13.7 Å². The maximum absolute atomic E-state index is 12.6. The van der Waals surface area contributed by atoms with Gasteiger partial charge in [-0.3, -0.25) is 4.79 Å². The molecule has 142 valence electrons. The van der Waals surface area contributed by atoms with Crippen molar-refractivity contribution in [2.45, 2.75) is 33.4 Å². The molecule has 1 aromatic heterocycles. The lowest BCUT2D eigenvalue weighted by Gasteiger charge is -2.24. The van der Waals surface area contributed by atoms with Crippen molar-refractivity contribution in [1.29, 1.82) is 5.26 Å². The molecule has 6 nitrogen and oxygen atoms in total. The number of rotatable bonds is 8. The topological polar surface area (TPSA) is 75.7 Å². The molecule has 0 aliphatic rings. The summed E-state index contributed by atoms with van der Waals surface area (Å²) in [5.41, 5.74) is 0.794. The molecule has 0 spiro atoms. The van der Waals surface area contributed by atoms with Crippen LogP contribution >= 0.6 is 0 Å². The monoisotopic (exact) mass is 368 g/mol. The number of nitriles is 1. The van der Waals surface area contributed by atoms with Crippen LogP contribution in [0.5, 0.6) is 11.5 Å². The molecule has 0 fully saturated rings. The Hall–Kier alpha value is -3.20. The van der Waals surface area contributed by atoms with Gasteiger partial charge in [0, 0.05) is 12.1 Å². The van der Waals surface area contributed by atoms with Crippen LogP contribution in [0.3, 0.4) is 0 Å². The largest absolute Gasteiger partial charge is 0.493 e. The zero-order valence-corrected chi connectivity index (χ0v) is 16.1. The van der Waals surface area contributed by atoms with Gasteiger partial charge in [-0.05, 0) is 56.7 Å². The molecule has 0 unspecified atom stereocenters. The highest BCUT2D eigenvalue weighted by Crippen LogP contribution is 2.28. The van der Waals surface area contributed by atoms with Crippen LogP contribution in [0.4, 0.5) is 0 Å². The van der Waals surface area contributed by atoms with E-state index in [-0.39, 0.29) is 18.6 Å². The minimum absolute atomic E-state index is 0.0313. The molecule has 6 heteroatoms. The normalized spacial score (nSPS) is 10.8. The van der Waals surface area contributed by atoms with Crippen LogP contribution in [0.2, 0.25) is 0 Å². The summed E-state index contributed by atoms with van der Waals surface area (Å²) in [4.78, 5) is 14.4. The number of hydrogen-bond donors (Lipinski definition) is 0. The molecule has 1 amide bonds. The first-order chi connectivity index (χ1) is 12.9. The Kier molecular flexibility index (Phi) is 7.07. The summed E-state index contributed by atoms with van der Waals surface area (Å²) in [6.07, 6.45) is 3.25. The third-order valence-corrected chi connectivity index (χ3v) is 3.93. The van der Waals surface area contributed by atoms with Gasteiger partial charge in [0.25, 0.3) is 0 Å². The Morgan fingerprint density at radius 2 is 2.07 bits per heavy atom. The van der Waals surface area contributed by atoms with E-state index in [0.29, 0.717) is 18.0 Å². The van der Waals surface area contributed by atoms with Crippen LogP contribution in [0, 0.1) is 18.3 Å². The van der Waals surface area contributed by atoms with Gasteiger partial charge in [-0.1, -0.05) is 6.07 Å². The maximum Gasteiger partial charge on any atom is 0.247 e. The van der Waals surface area contributed by atoms with E-state index in [1.165, 1.54) is 13.2 Å². The third-order valence-electron chi connectivity index (χ3n) is 3.93. The number of amides is 1. The second-order valence-electron chi connectivity index (χ2n) is 6.26. The Morgan fingerprint density at radius 1 is 1.30 bits per heavy atom. The van der Waals surface area contributed by atoms with E-state index >= 15 is 0 Å². The fourth-order valence-corrected chi connectivity index (χ4v) is 2.53. The van der Waals surface area contributed by atoms with Crippen molar-refractivity contribution >= 4 is 12.0 Å². The molecule has 0 radical (unpaired) electrons. The minimum Gasteiger partial charge on any atom is -0.493 e. The highest BCUT2D eigenvalue weighted by molar-refractivity contribution is 5.92. The molecule has 2 aromatic rings. The van der Waals surface area contributed by atoms with Crippen molar-refractivity contribution in [1.82, 2.24) is 4.90 Å². The molecule has 2 rings (SSSR count). The number of nitrogens with zero attached hydrogens (tertiary/aromatic N) is 2. The standard InChI is InChI=1S/C21H24N2O4/c1-15(2)23(14-18-8-5-16(3)27-18)21(24)10-7-17-6-9-19(26-12-11-22)20(13-17)25-4/h5-10,13,15H,12,14H2,1-4H3/b10-7+. The van der Waals surface area contributed by atoms with Crippen LogP contribution in [0.1, 0.15) is 30.9 Å². The van der Waals surface area contributed by atoms with Crippen molar-refractivity contribution < 1.29 is 18.7 Å². The number of hydrogen-bond acceptors (Lipinski definition) is 5. The average molecular weight is 368 g/mol. The lowest BCUT2D eigenvalue weighted by Crippen LogP contribution is -2.35. The van der Waals surface area contributed by atoms with Crippen molar-refractivity contribution in [3.63, 3.8) is 0 Å². The van der Waals surface area contributed by atoms with Gasteiger partial charge in [-0.2, -0.15) is 5.26 Å². The summed E-state index contributed by atoms with van der Waals surface area (Å²) < 4.78 is 16.2. The molecule has 0 atom stereocenters. The number of carbonyl (C=O) groups excluding carboxylic acids is 1. The lowest BCUT2D eigenvalue weighted by atomic mass is 10.1. The quantitative estimate of drug-likeness (QED) is 0.660. The Morgan fingerprint density at radius 3 is 2.67 bits per heavy atom. The first-order valence-electron chi connectivity index (χ1n) is 8.66. The molecule has 0 saturated heterocycles. The number of methoxy groups -OCH3 is 1. The molecule has 0 aliphatic carbocycles. The predicted octanol–water partition coefficient (Wildman–Crippen LogP) is 3.95. The van der Waals surface area contributed by atoms with Crippen LogP contribution in [-0.2, 0) is 11.3 Å². The van der Waals surface area contributed by atoms with Crippen LogP contribution in [0.15, 0.2) is 40.8 Å². The number of furan rings is 1. The van der Waals surface area contributed by atoms with Gasteiger partial charge in [0.1, 0.15) is 17.6 Å². The molecular weight excluding hydrogens is 344 g/mol. The minimum atomic E-state index is -0.108. The van der Waals surface area contributed by atoms with Gasteiger partial charge < -0.3 is 18.8 Å². The zero-order valence-electron chi connectivity index (χ0n) is 16.1. The number of benzene rings is 1. The molecule has 0 aliphatic heterocycles. The molecule has 1 heterocycles. The molecule has 0 N–H and O–H groups in total. The number of carbonyl (C=O) groups is 1. The van der Waals surface area contributed by atoms with Gasteiger partial charge in [-0.15, -0.1) is 0 Å². The summed E-state index contributed by atoms with van der Waals surface area (Å²) in [5, 5.41) is 8.62. The van der Waals surface area contributed by atoms with E-state index in [2.05, 4.69) is 0 Å². The molecular formula is C21H24N2O4. The fourth-order valence-electron chi connectivity index (χ4n) is 2.53. The maximum atomic E-state index is 12.6. The predicted molar refractivity (Wildman–Crippen MR) is 102 cm³/mol. The lowest BCUT2D eigenvalue weighted by molar-refractivity contribution is -0.128. The first-order valence-corrected chi connectivity index (χ1v) is 8.66. The van der Waals surface area contributed by atoms with Gasteiger partial charge >= 0.3 is 0 Å². The van der Waals surface area contributed by atoms with E-state index in [1.54, 1.807) is 29.2 Å². The second kappa shape index (κ2) is 9.48. The summed E-state index contributed by atoms with van der Waals surface area (Å²) >= 11 is 0. The van der Waals surface area contributed by atoms with Crippen LogP contribution in [0.25, 0.3) is 6.08 Å². The third kappa shape index (κ3) is 5.65. The Balaban J connectivity index is 2.12. The summed E-state index contributed by atoms with van der Waals surface area (Å²) in [7, 11) is 1.53. The molecule has 1 aromatic carbocycles. The second-order valence-corrected chi connectivity index (χ2v) is 6.26. The van der Waals surface area contributed by atoms with Gasteiger partial charge in [-0.25, -0.2) is 0 Å². The Bertz CT molecular complexity index is 846. The summed E-state index contributed by atoms with van der Waals surface area (Å²) in [6, 6.07) is 11.0. The van der Waals surface area contributed by atoms with Crippen molar-refractivity contribution in [2.24, 2.45) is 0 Å². The highest BCUT2D eigenvalue weighted by Gasteiger charge is 2.16. The average Bonchev–Trinajstić information content (AvgIpc) is 3.07. The first kappa shape index (κ1) is 20.1. The molecule has 0 saturated carbocycles. The van der Waals surface area contributed by atoms with E-state index in [4.69, 9.17) is 19.2 Å². The number of ether oxygens (including phenoxy) is 2. The van der Waals surface area contributed by atoms with E-state index in [0.717, 1.165) is 17.1 Å².